The summed E-state index contributed by atoms with van der Waals surface area (Å²) in [7, 11) is 0. The second-order valence-corrected chi connectivity index (χ2v) is 5.74. The third-order valence-corrected chi connectivity index (χ3v) is 3.10. The van der Waals surface area contributed by atoms with E-state index in [-0.39, 0.29) is 5.41 Å². The van der Waals surface area contributed by atoms with Crippen molar-refractivity contribution >= 4 is 0 Å². The van der Waals surface area contributed by atoms with Gasteiger partial charge in [-0.1, -0.05) is 33.8 Å². The molecule has 0 aliphatic heterocycles. The summed E-state index contributed by atoms with van der Waals surface area (Å²) < 4.78 is 5.86. The molecule has 1 fully saturated rings. The Morgan fingerprint density at radius 2 is 1.94 bits per heavy atom. The Bertz CT molecular complexity index is 370. The van der Waals surface area contributed by atoms with Gasteiger partial charge in [-0.3, -0.25) is 0 Å². The van der Waals surface area contributed by atoms with Crippen molar-refractivity contribution in [2.24, 2.45) is 0 Å². The smallest absolute Gasteiger partial charge is 0.120 e. The molecule has 0 amide bonds. The van der Waals surface area contributed by atoms with E-state index in [9.17, 15) is 0 Å². The van der Waals surface area contributed by atoms with Gasteiger partial charge in [0, 0.05) is 0 Å². The molecule has 1 aromatic rings. The van der Waals surface area contributed by atoms with E-state index in [2.05, 4.69) is 45.9 Å². The monoisotopic (exact) mass is 218 g/mol. The fraction of sp³-hybridized carbons (Fsp3) is 0.600. The summed E-state index contributed by atoms with van der Waals surface area (Å²) in [4.78, 5) is 0. The van der Waals surface area contributed by atoms with Crippen LogP contribution in [0.5, 0.6) is 5.75 Å². The van der Waals surface area contributed by atoms with E-state index in [0.29, 0.717) is 6.10 Å². The van der Waals surface area contributed by atoms with Crippen molar-refractivity contribution in [1.29, 1.82) is 0 Å². The first-order chi connectivity index (χ1) is 7.50. The molecule has 0 saturated heterocycles. The fourth-order valence-corrected chi connectivity index (χ4v) is 2.01. The van der Waals surface area contributed by atoms with Gasteiger partial charge >= 0.3 is 0 Å². The Morgan fingerprint density at radius 1 is 1.25 bits per heavy atom. The quantitative estimate of drug-likeness (QED) is 0.742. The third kappa shape index (κ3) is 2.58. The Morgan fingerprint density at radius 3 is 2.44 bits per heavy atom. The van der Waals surface area contributed by atoms with Crippen LogP contribution in [0.2, 0.25) is 0 Å². The van der Waals surface area contributed by atoms with Crippen molar-refractivity contribution in [3.63, 3.8) is 0 Å². The van der Waals surface area contributed by atoms with Gasteiger partial charge in [-0.2, -0.15) is 0 Å². The van der Waals surface area contributed by atoms with Gasteiger partial charge in [-0.05, 0) is 47.9 Å². The van der Waals surface area contributed by atoms with Gasteiger partial charge < -0.3 is 4.74 Å². The normalized spacial score (nSPS) is 16.2. The van der Waals surface area contributed by atoms with Gasteiger partial charge in [0.2, 0.25) is 0 Å². The maximum absolute atomic E-state index is 5.86. The minimum Gasteiger partial charge on any atom is -0.490 e. The third-order valence-electron chi connectivity index (χ3n) is 3.10. The van der Waals surface area contributed by atoms with E-state index in [4.69, 9.17) is 4.74 Å². The summed E-state index contributed by atoms with van der Waals surface area (Å²) in [6, 6.07) is 6.57. The largest absolute Gasteiger partial charge is 0.490 e. The number of hydrogen-bond acceptors (Lipinski definition) is 1. The van der Waals surface area contributed by atoms with Gasteiger partial charge in [-0.25, -0.2) is 0 Å². The van der Waals surface area contributed by atoms with E-state index >= 15 is 0 Å². The topological polar surface area (TPSA) is 9.23 Å². The summed E-state index contributed by atoms with van der Waals surface area (Å²) in [5, 5.41) is 0. The summed E-state index contributed by atoms with van der Waals surface area (Å²) in [5.74, 6) is 1.05. The highest BCUT2D eigenvalue weighted by Crippen LogP contribution is 2.32. The van der Waals surface area contributed by atoms with Crippen molar-refractivity contribution < 1.29 is 4.74 Å². The lowest BCUT2D eigenvalue weighted by Gasteiger charge is -2.23. The van der Waals surface area contributed by atoms with Crippen LogP contribution < -0.4 is 4.74 Å². The molecular weight excluding hydrogens is 196 g/mol. The number of ether oxygens (including phenoxy) is 1. The molecule has 1 aliphatic rings. The predicted molar refractivity (Wildman–Crippen MR) is 68.2 cm³/mol. The highest BCUT2D eigenvalue weighted by molar-refractivity contribution is 5.40. The zero-order valence-corrected chi connectivity index (χ0v) is 10.8. The van der Waals surface area contributed by atoms with E-state index in [1.807, 2.05) is 0 Å². The van der Waals surface area contributed by atoms with Crippen molar-refractivity contribution in [1.82, 2.24) is 0 Å². The maximum Gasteiger partial charge on any atom is 0.120 e. The Balaban J connectivity index is 2.29. The molecule has 0 radical (unpaired) electrons. The van der Waals surface area contributed by atoms with Crippen LogP contribution in [-0.4, -0.2) is 6.10 Å². The molecule has 88 valence electrons. The Kier molecular flexibility index (Phi) is 2.96. The summed E-state index contributed by atoms with van der Waals surface area (Å²) in [5.41, 5.74) is 3.07. The van der Waals surface area contributed by atoms with Crippen LogP contribution in [0.4, 0.5) is 0 Å². The van der Waals surface area contributed by atoms with Gasteiger partial charge in [0.15, 0.2) is 0 Å². The molecule has 1 aromatic carbocycles. The minimum atomic E-state index is 0.203. The number of hydrogen-bond donors (Lipinski definition) is 0. The highest BCUT2D eigenvalue weighted by Gasteiger charge is 2.24. The van der Waals surface area contributed by atoms with E-state index in [1.165, 1.54) is 24.0 Å². The zero-order chi connectivity index (χ0) is 11.8. The first-order valence-electron chi connectivity index (χ1n) is 6.31. The average molecular weight is 218 g/mol. The standard InChI is InChI=1S/C15H22O/c1-5-11-6-7-13(16-12-8-9-12)10-14(11)15(2,3)4/h6-7,10,12H,5,8-9H2,1-4H3. The summed E-state index contributed by atoms with van der Waals surface area (Å²) in [6.45, 7) is 9.01. The van der Waals surface area contributed by atoms with Crippen molar-refractivity contribution in [2.45, 2.75) is 58.5 Å². The molecule has 0 heterocycles. The lowest BCUT2D eigenvalue weighted by atomic mass is 9.83. The minimum absolute atomic E-state index is 0.203. The lowest BCUT2D eigenvalue weighted by molar-refractivity contribution is 0.302. The van der Waals surface area contributed by atoms with E-state index < -0.39 is 0 Å². The van der Waals surface area contributed by atoms with Crippen LogP contribution in [0.25, 0.3) is 0 Å². The fourth-order valence-electron chi connectivity index (χ4n) is 2.01. The molecule has 0 spiro atoms. The van der Waals surface area contributed by atoms with Crippen molar-refractivity contribution in [2.75, 3.05) is 0 Å². The number of aryl methyl sites for hydroxylation is 1. The summed E-state index contributed by atoms with van der Waals surface area (Å²) in [6.07, 6.45) is 4.03. The molecule has 1 heteroatoms. The van der Waals surface area contributed by atoms with Crippen LogP contribution in [0.3, 0.4) is 0 Å². The van der Waals surface area contributed by atoms with Gasteiger partial charge in [0.05, 0.1) is 6.10 Å². The maximum atomic E-state index is 5.86. The molecular formula is C15H22O. The molecule has 1 saturated carbocycles. The van der Waals surface area contributed by atoms with E-state index in [0.717, 1.165) is 12.2 Å². The first-order valence-corrected chi connectivity index (χ1v) is 6.31. The lowest BCUT2D eigenvalue weighted by Crippen LogP contribution is -2.14. The molecule has 1 aliphatic carbocycles. The van der Waals surface area contributed by atoms with E-state index in [1.54, 1.807) is 0 Å². The summed E-state index contributed by atoms with van der Waals surface area (Å²) >= 11 is 0. The molecule has 0 unspecified atom stereocenters. The molecule has 0 N–H and O–H groups in total. The van der Waals surface area contributed by atoms with Gasteiger partial charge in [0.25, 0.3) is 0 Å². The molecule has 1 nitrogen and oxygen atoms in total. The van der Waals surface area contributed by atoms with Gasteiger partial charge in [0.1, 0.15) is 5.75 Å². The molecule has 2 rings (SSSR count). The highest BCUT2D eigenvalue weighted by atomic mass is 16.5. The molecule has 16 heavy (non-hydrogen) atoms. The van der Waals surface area contributed by atoms with Gasteiger partial charge in [-0.15, -0.1) is 0 Å². The first kappa shape index (κ1) is 11.5. The molecule has 0 bridgehead atoms. The molecule has 0 atom stereocenters. The average Bonchev–Trinajstić information content (AvgIpc) is 3.00. The Labute approximate surface area is 98.8 Å². The second kappa shape index (κ2) is 4.12. The van der Waals surface area contributed by atoms with Crippen LogP contribution in [0, 0.1) is 0 Å². The van der Waals surface area contributed by atoms with Crippen LogP contribution >= 0.6 is 0 Å². The predicted octanol–water partition coefficient (Wildman–Crippen LogP) is 4.09. The second-order valence-electron chi connectivity index (χ2n) is 5.74. The number of benzene rings is 1. The van der Waals surface area contributed by atoms with Crippen molar-refractivity contribution in [3.8, 4) is 5.75 Å². The van der Waals surface area contributed by atoms with Crippen LogP contribution in [-0.2, 0) is 11.8 Å². The van der Waals surface area contributed by atoms with Crippen molar-refractivity contribution in [3.05, 3.63) is 29.3 Å². The zero-order valence-electron chi connectivity index (χ0n) is 10.8. The van der Waals surface area contributed by atoms with Crippen LogP contribution in [0.15, 0.2) is 18.2 Å². The molecule has 0 aromatic heterocycles. The Hall–Kier alpha value is -0.980. The van der Waals surface area contributed by atoms with Crippen LogP contribution in [0.1, 0.15) is 51.7 Å². The number of rotatable bonds is 3. The SMILES string of the molecule is CCc1ccc(OC2CC2)cc1C(C)(C)C.